The molecule has 1 aromatic heterocycles. The number of aromatic nitrogens is 2. The second-order valence-electron chi connectivity index (χ2n) is 9.36. The molecular formula is C27H35N5O4. The average molecular weight is 494 g/mol. The Hall–Kier alpha value is -3.85. The van der Waals surface area contributed by atoms with Crippen molar-refractivity contribution in [2.75, 3.05) is 43.9 Å². The van der Waals surface area contributed by atoms with Crippen LogP contribution in [0, 0.1) is 12.8 Å². The minimum atomic E-state index is -0.679. The molecule has 3 N–H and O–H groups in total. The van der Waals surface area contributed by atoms with E-state index in [1.165, 1.54) is 9.47 Å². The van der Waals surface area contributed by atoms with Crippen LogP contribution in [0.3, 0.4) is 0 Å². The third kappa shape index (κ3) is 7.08. The highest BCUT2D eigenvalue weighted by Crippen LogP contribution is 2.20. The summed E-state index contributed by atoms with van der Waals surface area (Å²) >= 11 is 0. The van der Waals surface area contributed by atoms with Crippen LogP contribution in [0.1, 0.15) is 25.0 Å². The molecule has 0 saturated heterocycles. The smallest absolute Gasteiger partial charge is 0.330 e. The molecule has 0 fully saturated rings. The lowest BCUT2D eigenvalue weighted by atomic mass is 10.2. The Balaban J connectivity index is 1.78. The molecule has 0 saturated carbocycles. The predicted octanol–water partition coefficient (Wildman–Crippen LogP) is 2.48. The molecule has 0 aliphatic heterocycles. The second kappa shape index (κ2) is 12.2. The summed E-state index contributed by atoms with van der Waals surface area (Å²) in [6.07, 6.45) is 0. The number of nitrogens with one attached hydrogen (secondary N) is 1. The fraction of sp³-hybridized carbons (Fsp3) is 0.370. The van der Waals surface area contributed by atoms with E-state index in [1.807, 2.05) is 87.3 Å². The van der Waals surface area contributed by atoms with Gasteiger partial charge in [-0.2, -0.15) is 0 Å². The number of aromatic amines is 1. The van der Waals surface area contributed by atoms with Gasteiger partial charge in [-0.3, -0.25) is 24.0 Å². The Morgan fingerprint density at radius 3 is 2.39 bits per heavy atom. The predicted molar refractivity (Wildman–Crippen MR) is 143 cm³/mol. The molecule has 0 aliphatic carbocycles. The van der Waals surface area contributed by atoms with Crippen LogP contribution in [0.4, 0.5) is 11.5 Å². The first-order chi connectivity index (χ1) is 17.2. The molecule has 0 bridgehead atoms. The fourth-order valence-corrected chi connectivity index (χ4v) is 3.79. The second-order valence-corrected chi connectivity index (χ2v) is 9.36. The van der Waals surface area contributed by atoms with Crippen molar-refractivity contribution in [3.8, 4) is 5.75 Å². The Labute approximate surface area is 211 Å². The number of aryl methyl sites for hydroxylation is 1. The van der Waals surface area contributed by atoms with Gasteiger partial charge in [0.15, 0.2) is 5.69 Å². The zero-order valence-electron chi connectivity index (χ0n) is 21.4. The van der Waals surface area contributed by atoms with Gasteiger partial charge in [-0.15, -0.1) is 0 Å². The lowest BCUT2D eigenvalue weighted by molar-refractivity contribution is -0.119. The normalized spacial score (nSPS) is 11.2. The average Bonchev–Trinajstić information content (AvgIpc) is 2.82. The molecule has 192 valence electrons. The number of ether oxygens (including phenoxy) is 1. The van der Waals surface area contributed by atoms with Crippen molar-refractivity contribution in [2.24, 2.45) is 5.92 Å². The molecule has 0 aliphatic rings. The first kappa shape index (κ1) is 26.7. The van der Waals surface area contributed by atoms with Gasteiger partial charge in [0.25, 0.3) is 5.56 Å². The van der Waals surface area contributed by atoms with Crippen LogP contribution < -0.4 is 26.6 Å². The van der Waals surface area contributed by atoms with Crippen molar-refractivity contribution >= 4 is 17.4 Å². The molecule has 0 radical (unpaired) electrons. The number of likely N-dealkylation sites (N-methyl/N-ethyl adjacent to an activating group) is 1. The van der Waals surface area contributed by atoms with E-state index in [0.29, 0.717) is 13.2 Å². The quantitative estimate of drug-likeness (QED) is 0.424. The number of H-pyrrole nitrogens is 1. The molecule has 1 heterocycles. The molecule has 0 spiro atoms. The Bertz CT molecular complexity index is 1270. The van der Waals surface area contributed by atoms with Crippen molar-refractivity contribution in [1.82, 2.24) is 14.5 Å². The number of nitrogens with two attached hydrogens (primary N) is 1. The number of nitrogens with zero attached hydrogens (tertiary/aromatic N) is 3. The van der Waals surface area contributed by atoms with E-state index in [1.54, 1.807) is 0 Å². The van der Waals surface area contributed by atoms with Gasteiger partial charge in [0.2, 0.25) is 5.91 Å². The summed E-state index contributed by atoms with van der Waals surface area (Å²) < 4.78 is 7.05. The molecular weight excluding hydrogens is 458 g/mol. The van der Waals surface area contributed by atoms with Crippen LogP contribution >= 0.6 is 0 Å². The number of anilines is 2. The monoisotopic (exact) mass is 493 g/mol. The van der Waals surface area contributed by atoms with Crippen LogP contribution in [0.2, 0.25) is 0 Å². The van der Waals surface area contributed by atoms with Crippen LogP contribution in [0.25, 0.3) is 0 Å². The number of hydrogen-bond acceptors (Lipinski definition) is 6. The Kier molecular flexibility index (Phi) is 9.08. The van der Waals surface area contributed by atoms with Crippen molar-refractivity contribution in [3.05, 3.63) is 86.6 Å². The van der Waals surface area contributed by atoms with Crippen molar-refractivity contribution in [2.45, 2.75) is 27.3 Å². The minimum absolute atomic E-state index is 0.00598. The van der Waals surface area contributed by atoms with E-state index in [2.05, 4.69) is 4.98 Å². The zero-order chi connectivity index (χ0) is 26.2. The van der Waals surface area contributed by atoms with Crippen molar-refractivity contribution in [1.29, 1.82) is 0 Å². The number of carbonyl (C=O) groups is 1. The number of hydrogen-bond donors (Lipinski definition) is 2. The molecule has 9 heteroatoms. The molecule has 9 nitrogen and oxygen atoms in total. The van der Waals surface area contributed by atoms with Gasteiger partial charge in [-0.25, -0.2) is 4.79 Å². The molecule has 1 amide bonds. The highest BCUT2D eigenvalue weighted by atomic mass is 16.5. The maximum Gasteiger partial charge on any atom is 0.330 e. The first-order valence-electron chi connectivity index (χ1n) is 12.0. The summed E-state index contributed by atoms with van der Waals surface area (Å²) in [5.74, 6) is 0.509. The van der Waals surface area contributed by atoms with Gasteiger partial charge in [0.05, 0.1) is 13.1 Å². The van der Waals surface area contributed by atoms with E-state index in [0.717, 1.165) is 16.9 Å². The summed E-state index contributed by atoms with van der Waals surface area (Å²) in [7, 11) is 1.81. The molecule has 36 heavy (non-hydrogen) atoms. The number of amides is 1. The van der Waals surface area contributed by atoms with E-state index in [-0.39, 0.29) is 43.0 Å². The van der Waals surface area contributed by atoms with Gasteiger partial charge in [0, 0.05) is 13.1 Å². The molecule has 0 atom stereocenters. The van der Waals surface area contributed by atoms with Crippen molar-refractivity contribution in [3.63, 3.8) is 0 Å². The van der Waals surface area contributed by atoms with Crippen LogP contribution in [-0.4, -0.2) is 53.6 Å². The zero-order valence-corrected chi connectivity index (χ0v) is 21.4. The van der Waals surface area contributed by atoms with E-state index >= 15 is 0 Å². The summed E-state index contributed by atoms with van der Waals surface area (Å²) in [4.78, 5) is 44.3. The molecule has 3 rings (SSSR count). The van der Waals surface area contributed by atoms with E-state index in [4.69, 9.17) is 10.5 Å². The molecule has 0 unspecified atom stereocenters. The minimum Gasteiger partial charge on any atom is -0.492 e. The maximum atomic E-state index is 13.4. The van der Waals surface area contributed by atoms with Crippen LogP contribution in [0.5, 0.6) is 5.75 Å². The first-order valence-corrected chi connectivity index (χ1v) is 12.0. The number of nitrogen functional groups attached to an aromatic ring is 1. The lowest BCUT2D eigenvalue weighted by Crippen LogP contribution is -2.46. The van der Waals surface area contributed by atoms with Gasteiger partial charge in [-0.05, 0) is 37.6 Å². The van der Waals surface area contributed by atoms with Gasteiger partial charge in [-0.1, -0.05) is 61.9 Å². The highest BCUT2D eigenvalue weighted by Gasteiger charge is 2.25. The van der Waals surface area contributed by atoms with Gasteiger partial charge >= 0.3 is 5.69 Å². The SMILES string of the molecule is Cc1ccc(OCCN(C)CC(=O)N(CC(C)C)c2c(N)n(Cc3ccccc3)c(=O)[nH]c2=O)cc1. The number of carbonyl (C=O) groups excluding carboxylic acids is 1. The molecule has 2 aromatic carbocycles. The largest absolute Gasteiger partial charge is 0.492 e. The number of benzene rings is 2. The topological polar surface area (TPSA) is 114 Å². The highest BCUT2D eigenvalue weighted by molar-refractivity contribution is 5.96. The summed E-state index contributed by atoms with van der Waals surface area (Å²) in [6.45, 7) is 7.33. The van der Waals surface area contributed by atoms with Gasteiger partial charge in [0.1, 0.15) is 18.2 Å². The maximum absolute atomic E-state index is 13.4. The summed E-state index contributed by atoms with van der Waals surface area (Å²) in [5, 5.41) is 0. The Morgan fingerprint density at radius 2 is 1.75 bits per heavy atom. The summed E-state index contributed by atoms with van der Waals surface area (Å²) in [6, 6.07) is 17.1. The van der Waals surface area contributed by atoms with Crippen LogP contribution in [-0.2, 0) is 11.3 Å². The van der Waals surface area contributed by atoms with Crippen molar-refractivity contribution < 1.29 is 9.53 Å². The standard InChI is InChI=1S/C27H35N5O4/c1-19(2)16-31(23(33)18-30(4)14-15-36-22-12-10-20(3)11-13-22)24-25(28)32(27(35)29-26(24)34)17-21-8-6-5-7-9-21/h5-13,19H,14-18,28H2,1-4H3,(H,29,34,35). The number of rotatable bonds is 11. The molecule has 3 aromatic rings. The third-order valence-corrected chi connectivity index (χ3v) is 5.68. The summed E-state index contributed by atoms with van der Waals surface area (Å²) in [5.41, 5.74) is 7.04. The van der Waals surface area contributed by atoms with Crippen LogP contribution in [0.15, 0.2) is 64.2 Å². The fourth-order valence-electron chi connectivity index (χ4n) is 3.79. The van der Waals surface area contributed by atoms with E-state index < -0.39 is 11.2 Å². The lowest BCUT2D eigenvalue weighted by Gasteiger charge is -2.28. The van der Waals surface area contributed by atoms with E-state index in [9.17, 15) is 14.4 Å². The third-order valence-electron chi connectivity index (χ3n) is 5.68. The van der Waals surface area contributed by atoms with Gasteiger partial charge < -0.3 is 15.4 Å². The Morgan fingerprint density at radius 1 is 1.08 bits per heavy atom.